The van der Waals surface area contributed by atoms with Gasteiger partial charge in [0.15, 0.2) is 5.78 Å². The molecule has 1 aliphatic heterocycles. The van der Waals surface area contributed by atoms with Crippen molar-refractivity contribution in [2.75, 3.05) is 11.0 Å². The van der Waals surface area contributed by atoms with Gasteiger partial charge in [0, 0.05) is 23.9 Å². The van der Waals surface area contributed by atoms with Gasteiger partial charge in [-0.2, -0.15) is 0 Å². The van der Waals surface area contributed by atoms with Crippen LogP contribution >= 0.6 is 11.9 Å². The van der Waals surface area contributed by atoms with Crippen LogP contribution in [0.2, 0.25) is 0 Å². The van der Waals surface area contributed by atoms with Gasteiger partial charge in [-0.1, -0.05) is 37.1 Å². The fourth-order valence-electron chi connectivity index (χ4n) is 2.67. The number of cyclic esters (lactones) is 1. The third-order valence-corrected chi connectivity index (χ3v) is 4.94. The molecule has 7 nitrogen and oxygen atoms in total. The van der Waals surface area contributed by atoms with Crippen molar-refractivity contribution in [3.05, 3.63) is 41.5 Å². The lowest BCUT2D eigenvalue weighted by molar-refractivity contribution is -0.127. The fraction of sp³-hybridized carbons (Fsp3) is 0.400. The lowest BCUT2D eigenvalue weighted by atomic mass is 9.99. The number of hydrogen-bond acceptors (Lipinski definition) is 8. The number of rotatable bonds is 2. The van der Waals surface area contributed by atoms with E-state index in [2.05, 4.69) is 4.72 Å². The molecule has 1 aromatic carbocycles. The molecule has 0 bridgehead atoms. The zero-order chi connectivity index (χ0) is 20.8. The maximum absolute atomic E-state index is 12.7. The zero-order valence-corrected chi connectivity index (χ0v) is 16.8. The Morgan fingerprint density at radius 1 is 1.18 bits per heavy atom. The number of aliphatic hydroxyl groups excluding tert-OH is 2. The van der Waals surface area contributed by atoms with E-state index in [1.54, 1.807) is 19.9 Å². The summed E-state index contributed by atoms with van der Waals surface area (Å²) in [7, 11) is 0. The van der Waals surface area contributed by atoms with E-state index in [1.165, 1.54) is 42.3 Å². The third kappa shape index (κ3) is 5.37. The highest BCUT2D eigenvalue weighted by atomic mass is 32.2. The van der Waals surface area contributed by atoms with Gasteiger partial charge in [0.05, 0.1) is 6.10 Å². The quantitative estimate of drug-likeness (QED) is 0.437. The molecule has 0 amide bonds. The van der Waals surface area contributed by atoms with Crippen molar-refractivity contribution in [1.29, 1.82) is 0 Å². The third-order valence-electron chi connectivity index (χ3n) is 4.50. The summed E-state index contributed by atoms with van der Waals surface area (Å²) < 4.78 is 8.45. The van der Waals surface area contributed by atoms with E-state index in [1.807, 2.05) is 6.26 Å². The Hall–Kier alpha value is -2.29. The van der Waals surface area contributed by atoms with E-state index < -0.39 is 30.1 Å². The molecular formula is C20H25NO6S. The van der Waals surface area contributed by atoms with Gasteiger partial charge in [0.2, 0.25) is 0 Å². The van der Waals surface area contributed by atoms with Gasteiger partial charge in [-0.15, -0.1) is 0 Å². The molecule has 1 aliphatic rings. The highest BCUT2D eigenvalue weighted by molar-refractivity contribution is 7.99. The minimum Gasteiger partial charge on any atom is -0.507 e. The van der Waals surface area contributed by atoms with Crippen molar-refractivity contribution in [3.8, 4) is 5.75 Å². The second-order valence-corrected chi connectivity index (χ2v) is 7.26. The number of ketones is 1. The first-order chi connectivity index (χ1) is 13.2. The molecule has 0 spiro atoms. The lowest BCUT2D eigenvalue weighted by Crippen LogP contribution is -2.32. The molecule has 4 atom stereocenters. The summed E-state index contributed by atoms with van der Waals surface area (Å²) in [6.07, 6.45) is 4.15. The summed E-state index contributed by atoms with van der Waals surface area (Å²) in [6.45, 7) is 3.42. The van der Waals surface area contributed by atoms with Crippen LogP contribution in [0.4, 0.5) is 5.69 Å². The largest absolute Gasteiger partial charge is 0.507 e. The highest BCUT2D eigenvalue weighted by Crippen LogP contribution is 2.30. The van der Waals surface area contributed by atoms with Gasteiger partial charge in [0.1, 0.15) is 23.5 Å². The van der Waals surface area contributed by atoms with Crippen molar-refractivity contribution in [1.82, 2.24) is 0 Å². The number of phenols is 1. The Morgan fingerprint density at radius 3 is 2.57 bits per heavy atom. The number of phenolic OH excluding ortho intramolecular Hbond substituents is 1. The molecule has 1 heterocycles. The number of ether oxygens (including phenoxy) is 1. The topological polar surface area (TPSA) is 116 Å². The molecule has 1 aromatic rings. The molecule has 0 fully saturated rings. The van der Waals surface area contributed by atoms with Crippen LogP contribution in [0.25, 0.3) is 6.08 Å². The molecule has 0 radical (unpaired) electrons. The van der Waals surface area contributed by atoms with Gasteiger partial charge >= 0.3 is 5.97 Å². The van der Waals surface area contributed by atoms with Gasteiger partial charge < -0.3 is 24.8 Å². The molecular weight excluding hydrogens is 382 g/mol. The van der Waals surface area contributed by atoms with Crippen molar-refractivity contribution < 1.29 is 29.6 Å². The zero-order valence-electron chi connectivity index (χ0n) is 16.0. The van der Waals surface area contributed by atoms with E-state index in [0.29, 0.717) is 11.3 Å². The number of aliphatic hydroxyl groups is 2. The summed E-state index contributed by atoms with van der Waals surface area (Å²) in [6, 6.07) is 3.09. The molecule has 8 heteroatoms. The van der Waals surface area contributed by atoms with Gasteiger partial charge in [-0.05, 0) is 31.1 Å². The Bertz CT molecular complexity index is 791. The van der Waals surface area contributed by atoms with Crippen LogP contribution in [0, 0.1) is 5.92 Å². The molecule has 0 aromatic heterocycles. The van der Waals surface area contributed by atoms with E-state index in [-0.39, 0.29) is 23.7 Å². The summed E-state index contributed by atoms with van der Waals surface area (Å²) in [5, 5.41) is 30.4. The van der Waals surface area contributed by atoms with Crippen molar-refractivity contribution in [3.63, 3.8) is 0 Å². The average molecular weight is 407 g/mol. The number of nitrogens with one attached hydrogen (secondary N) is 1. The number of benzene rings is 1. The van der Waals surface area contributed by atoms with Crippen molar-refractivity contribution in [2.24, 2.45) is 5.92 Å². The summed E-state index contributed by atoms with van der Waals surface area (Å²) in [5.74, 6) is -1.86. The standard InChI is InChI=1S/C20H25NO6S/c1-11-7-8-16(23)19(25)15(22)6-4-5-13-9-14(21-28-3)10-17(24)18(13)20(26)27-12(11)2/h4-5,7-12,15,19,21-22,24-25H,6H2,1-3H3/b5-4+,8-7-/t11-,12?,15+,19?/m1/s1. The molecule has 152 valence electrons. The predicted octanol–water partition coefficient (Wildman–Crippen LogP) is 2.53. The van der Waals surface area contributed by atoms with Crippen LogP contribution < -0.4 is 4.72 Å². The average Bonchev–Trinajstić information content (AvgIpc) is 2.64. The molecule has 2 unspecified atom stereocenters. The SMILES string of the molecule is CSNc1cc(O)c2c(c1)/C=C/C[C@H](O)C(O)C(=O)/C=C\[C@@H](C)C(C)OC2=O. The van der Waals surface area contributed by atoms with Crippen LogP contribution in [0.3, 0.4) is 0 Å². The van der Waals surface area contributed by atoms with Crippen molar-refractivity contribution in [2.45, 2.75) is 38.6 Å². The van der Waals surface area contributed by atoms with Gasteiger partial charge in [0.25, 0.3) is 0 Å². The molecule has 0 saturated heterocycles. The van der Waals surface area contributed by atoms with Crippen molar-refractivity contribution >= 4 is 35.5 Å². The van der Waals surface area contributed by atoms with E-state index in [4.69, 9.17) is 4.74 Å². The number of anilines is 1. The minimum atomic E-state index is -1.55. The normalized spacial score (nSPS) is 28.6. The predicted molar refractivity (Wildman–Crippen MR) is 109 cm³/mol. The number of fused-ring (bicyclic) bond motifs is 1. The van der Waals surface area contributed by atoms with Gasteiger partial charge in [-0.25, -0.2) is 4.79 Å². The molecule has 4 N–H and O–H groups in total. The molecule has 28 heavy (non-hydrogen) atoms. The lowest BCUT2D eigenvalue weighted by Gasteiger charge is -2.20. The number of aromatic hydroxyl groups is 1. The van der Waals surface area contributed by atoms with Crippen LogP contribution in [0.15, 0.2) is 30.4 Å². The first-order valence-corrected chi connectivity index (χ1v) is 10.1. The highest BCUT2D eigenvalue weighted by Gasteiger charge is 2.25. The second-order valence-electron chi connectivity index (χ2n) is 6.65. The van der Waals surface area contributed by atoms with Crippen LogP contribution in [0.1, 0.15) is 36.2 Å². The minimum absolute atomic E-state index is 0.00843. The Labute approximate surface area is 168 Å². The summed E-state index contributed by atoms with van der Waals surface area (Å²) in [5.41, 5.74) is 0.985. The maximum atomic E-state index is 12.7. The van der Waals surface area contributed by atoms with E-state index >= 15 is 0 Å². The summed E-state index contributed by atoms with van der Waals surface area (Å²) >= 11 is 1.32. The van der Waals surface area contributed by atoms with Crippen LogP contribution in [0.5, 0.6) is 5.75 Å². The Balaban J connectivity index is 2.50. The molecule has 2 rings (SSSR count). The van der Waals surface area contributed by atoms with Crippen LogP contribution in [-0.2, 0) is 9.53 Å². The summed E-state index contributed by atoms with van der Waals surface area (Å²) in [4.78, 5) is 24.7. The number of hydrogen-bond donors (Lipinski definition) is 4. The number of carbonyl (C=O) groups is 2. The first-order valence-electron chi connectivity index (χ1n) is 8.86. The molecule has 0 saturated carbocycles. The van der Waals surface area contributed by atoms with E-state index in [0.717, 1.165) is 0 Å². The number of carbonyl (C=O) groups excluding carboxylic acids is 2. The Kier molecular flexibility index (Phi) is 7.68. The van der Waals surface area contributed by atoms with Gasteiger partial charge in [-0.3, -0.25) is 4.79 Å². The first kappa shape index (κ1) is 22.0. The monoisotopic (exact) mass is 407 g/mol. The Morgan fingerprint density at radius 2 is 1.89 bits per heavy atom. The van der Waals surface area contributed by atoms with Crippen LogP contribution in [-0.4, -0.2) is 51.6 Å². The van der Waals surface area contributed by atoms with E-state index in [9.17, 15) is 24.9 Å². The molecule has 0 aliphatic carbocycles. The smallest absolute Gasteiger partial charge is 0.342 e. The fourth-order valence-corrected chi connectivity index (χ4v) is 3.02. The number of esters is 1. The maximum Gasteiger partial charge on any atom is 0.342 e. The second kappa shape index (κ2) is 9.77.